The van der Waals surface area contributed by atoms with Gasteiger partial charge in [0.05, 0.1) is 5.56 Å². The molecule has 0 amide bonds. The van der Waals surface area contributed by atoms with Crippen LogP contribution in [0, 0.1) is 0 Å². The van der Waals surface area contributed by atoms with Gasteiger partial charge < -0.3 is 5.32 Å². The molecule has 1 nitrogen and oxygen atoms in total. The van der Waals surface area contributed by atoms with Gasteiger partial charge in [0.25, 0.3) is 0 Å². The number of halogens is 3. The maximum atomic E-state index is 12.5. The summed E-state index contributed by atoms with van der Waals surface area (Å²) in [5.41, 5.74) is 2.21. The first-order valence-electron chi connectivity index (χ1n) is 6.36. The Hall–Kier alpha value is -1.81. The second kappa shape index (κ2) is 5.67. The van der Waals surface area contributed by atoms with Crippen LogP contribution in [0.1, 0.15) is 24.1 Å². The van der Waals surface area contributed by atoms with Crippen molar-refractivity contribution in [3.05, 3.63) is 59.7 Å². The molecule has 0 aliphatic heterocycles. The maximum Gasteiger partial charge on any atom is 0.416 e. The van der Waals surface area contributed by atoms with Crippen LogP contribution in [0.2, 0.25) is 0 Å². The lowest BCUT2D eigenvalue weighted by atomic mass is 10.0. The highest BCUT2D eigenvalue weighted by molar-refractivity contribution is 5.64. The summed E-state index contributed by atoms with van der Waals surface area (Å²) in [7, 11) is 1.88. The molecule has 2 aromatic rings. The van der Waals surface area contributed by atoms with E-state index in [1.807, 2.05) is 38.2 Å². The van der Waals surface area contributed by atoms with Gasteiger partial charge >= 0.3 is 6.18 Å². The quantitative estimate of drug-likeness (QED) is 0.862. The van der Waals surface area contributed by atoms with Crippen molar-refractivity contribution in [1.82, 2.24) is 5.32 Å². The van der Waals surface area contributed by atoms with Crippen molar-refractivity contribution in [2.75, 3.05) is 7.05 Å². The molecule has 0 radical (unpaired) electrons. The first-order chi connectivity index (χ1) is 9.41. The molecule has 0 saturated heterocycles. The van der Waals surface area contributed by atoms with Crippen LogP contribution in [0.4, 0.5) is 13.2 Å². The van der Waals surface area contributed by atoms with Crippen molar-refractivity contribution >= 4 is 0 Å². The fourth-order valence-electron chi connectivity index (χ4n) is 1.98. The predicted molar refractivity (Wildman–Crippen MR) is 74.4 cm³/mol. The van der Waals surface area contributed by atoms with Crippen LogP contribution in [0.5, 0.6) is 0 Å². The summed E-state index contributed by atoms with van der Waals surface area (Å²) in [5.74, 6) is 0. The Morgan fingerprint density at radius 2 is 1.30 bits per heavy atom. The monoisotopic (exact) mass is 279 g/mol. The molecule has 4 heteroatoms. The third-order valence-electron chi connectivity index (χ3n) is 3.39. The van der Waals surface area contributed by atoms with Crippen LogP contribution in [-0.4, -0.2) is 7.05 Å². The van der Waals surface area contributed by atoms with Gasteiger partial charge in [0.15, 0.2) is 0 Å². The van der Waals surface area contributed by atoms with Gasteiger partial charge in [0.1, 0.15) is 0 Å². The molecule has 0 aliphatic carbocycles. The molecule has 0 spiro atoms. The van der Waals surface area contributed by atoms with Gasteiger partial charge in [0.2, 0.25) is 0 Å². The van der Waals surface area contributed by atoms with E-state index in [0.717, 1.165) is 28.8 Å². The molecular formula is C16H16F3N. The average Bonchev–Trinajstić information content (AvgIpc) is 2.46. The second-order valence-corrected chi connectivity index (χ2v) is 4.71. The van der Waals surface area contributed by atoms with Gasteiger partial charge in [-0.1, -0.05) is 36.4 Å². The van der Waals surface area contributed by atoms with E-state index >= 15 is 0 Å². The third-order valence-corrected chi connectivity index (χ3v) is 3.39. The number of benzene rings is 2. The van der Waals surface area contributed by atoms with Crippen molar-refractivity contribution in [3.8, 4) is 11.1 Å². The second-order valence-electron chi connectivity index (χ2n) is 4.71. The lowest BCUT2D eigenvalue weighted by Crippen LogP contribution is -2.11. The van der Waals surface area contributed by atoms with Gasteiger partial charge in [-0.3, -0.25) is 0 Å². The normalized spacial score (nSPS) is 13.2. The summed E-state index contributed by atoms with van der Waals surface area (Å²) in [6.07, 6.45) is -4.29. The average molecular weight is 279 g/mol. The molecule has 0 saturated carbocycles. The molecule has 2 aromatic carbocycles. The van der Waals surface area contributed by atoms with Crippen molar-refractivity contribution in [3.63, 3.8) is 0 Å². The van der Waals surface area contributed by atoms with Gasteiger partial charge in [-0.2, -0.15) is 13.2 Å². The molecule has 0 heterocycles. The lowest BCUT2D eigenvalue weighted by Gasteiger charge is -2.12. The summed E-state index contributed by atoms with van der Waals surface area (Å²) in [5, 5.41) is 3.14. The molecule has 0 aromatic heterocycles. The number of hydrogen-bond donors (Lipinski definition) is 1. The molecule has 1 N–H and O–H groups in total. The summed E-state index contributed by atoms with van der Waals surface area (Å²) in [4.78, 5) is 0. The van der Waals surface area contributed by atoms with Crippen LogP contribution >= 0.6 is 0 Å². The molecular weight excluding hydrogens is 263 g/mol. The minimum absolute atomic E-state index is 0.247. The van der Waals surface area contributed by atoms with Gasteiger partial charge in [-0.25, -0.2) is 0 Å². The van der Waals surface area contributed by atoms with Crippen molar-refractivity contribution in [2.45, 2.75) is 19.1 Å². The van der Waals surface area contributed by atoms with E-state index in [-0.39, 0.29) is 6.04 Å². The first-order valence-corrected chi connectivity index (χ1v) is 6.36. The Labute approximate surface area is 116 Å². The summed E-state index contributed by atoms with van der Waals surface area (Å²) < 4.78 is 37.5. The van der Waals surface area contributed by atoms with Crippen LogP contribution < -0.4 is 5.32 Å². The van der Waals surface area contributed by atoms with Gasteiger partial charge in [0, 0.05) is 6.04 Å². The molecule has 2 rings (SSSR count). The van der Waals surface area contributed by atoms with E-state index in [1.165, 1.54) is 12.1 Å². The van der Waals surface area contributed by atoms with Crippen LogP contribution in [0.15, 0.2) is 48.5 Å². The van der Waals surface area contributed by atoms with Crippen molar-refractivity contribution in [1.29, 1.82) is 0 Å². The fraction of sp³-hybridized carbons (Fsp3) is 0.250. The van der Waals surface area contributed by atoms with Crippen molar-refractivity contribution in [2.24, 2.45) is 0 Å². The van der Waals surface area contributed by atoms with Crippen LogP contribution in [0.25, 0.3) is 11.1 Å². The van der Waals surface area contributed by atoms with E-state index in [1.54, 1.807) is 0 Å². The molecule has 0 bridgehead atoms. The number of hydrogen-bond acceptors (Lipinski definition) is 1. The fourth-order valence-corrected chi connectivity index (χ4v) is 1.98. The maximum absolute atomic E-state index is 12.5. The van der Waals surface area contributed by atoms with E-state index in [2.05, 4.69) is 5.32 Å². The highest BCUT2D eigenvalue weighted by Gasteiger charge is 2.29. The van der Waals surface area contributed by atoms with E-state index in [9.17, 15) is 13.2 Å². The molecule has 1 unspecified atom stereocenters. The zero-order valence-corrected chi connectivity index (χ0v) is 11.3. The zero-order chi connectivity index (χ0) is 14.8. The number of nitrogens with one attached hydrogen (secondary N) is 1. The molecule has 1 atom stereocenters. The molecule has 106 valence electrons. The standard InChI is InChI=1S/C16H16F3N/c1-11(20-2)12-3-5-13(6-4-12)14-7-9-15(10-8-14)16(17,18)19/h3-11,20H,1-2H3. The van der Waals surface area contributed by atoms with Crippen LogP contribution in [-0.2, 0) is 6.18 Å². The highest BCUT2D eigenvalue weighted by Crippen LogP contribution is 2.31. The summed E-state index contributed by atoms with van der Waals surface area (Å²) in [6.45, 7) is 2.05. The van der Waals surface area contributed by atoms with Crippen LogP contribution in [0.3, 0.4) is 0 Å². The Morgan fingerprint density at radius 1 is 0.850 bits per heavy atom. The first kappa shape index (κ1) is 14.6. The van der Waals surface area contributed by atoms with Gasteiger partial charge in [-0.15, -0.1) is 0 Å². The largest absolute Gasteiger partial charge is 0.416 e. The van der Waals surface area contributed by atoms with E-state index in [4.69, 9.17) is 0 Å². The predicted octanol–water partition coefficient (Wildman–Crippen LogP) is 4.65. The third kappa shape index (κ3) is 3.20. The SMILES string of the molecule is CNC(C)c1ccc(-c2ccc(C(F)(F)F)cc2)cc1. The zero-order valence-electron chi connectivity index (χ0n) is 11.3. The number of alkyl halides is 3. The molecule has 20 heavy (non-hydrogen) atoms. The Morgan fingerprint density at radius 3 is 1.70 bits per heavy atom. The smallest absolute Gasteiger partial charge is 0.313 e. The topological polar surface area (TPSA) is 12.0 Å². The molecule has 0 aliphatic rings. The minimum atomic E-state index is -4.29. The summed E-state index contributed by atoms with van der Waals surface area (Å²) in [6, 6.07) is 13.3. The van der Waals surface area contributed by atoms with Gasteiger partial charge in [-0.05, 0) is 42.8 Å². The Kier molecular flexibility index (Phi) is 4.14. The summed E-state index contributed by atoms with van der Waals surface area (Å²) >= 11 is 0. The lowest BCUT2D eigenvalue weighted by molar-refractivity contribution is -0.137. The molecule has 0 fully saturated rings. The Bertz CT molecular complexity index is 556. The number of rotatable bonds is 3. The highest BCUT2D eigenvalue weighted by atomic mass is 19.4. The Balaban J connectivity index is 2.24. The van der Waals surface area contributed by atoms with Crippen molar-refractivity contribution < 1.29 is 13.2 Å². The minimum Gasteiger partial charge on any atom is -0.313 e. The van der Waals surface area contributed by atoms with E-state index in [0.29, 0.717) is 0 Å². The van der Waals surface area contributed by atoms with E-state index < -0.39 is 11.7 Å².